The van der Waals surface area contributed by atoms with Crippen LogP contribution in [-0.4, -0.2) is 24.1 Å². The number of aromatic nitrogens is 1. The van der Waals surface area contributed by atoms with Crippen LogP contribution in [0.1, 0.15) is 30.5 Å². The van der Waals surface area contributed by atoms with E-state index in [0.29, 0.717) is 0 Å². The SMILES string of the molecule is CC(N)Cc1csc(CC2CCNCC2)n1. The first kappa shape index (κ1) is 12.0. The summed E-state index contributed by atoms with van der Waals surface area (Å²) in [5, 5.41) is 6.86. The highest BCUT2D eigenvalue weighted by molar-refractivity contribution is 7.09. The third-order valence-electron chi connectivity index (χ3n) is 3.05. The topological polar surface area (TPSA) is 50.9 Å². The second-order valence-corrected chi connectivity index (χ2v) is 5.75. The molecule has 1 unspecified atom stereocenters. The van der Waals surface area contributed by atoms with E-state index in [-0.39, 0.29) is 6.04 Å². The van der Waals surface area contributed by atoms with Crippen molar-refractivity contribution in [2.45, 2.75) is 38.6 Å². The summed E-state index contributed by atoms with van der Waals surface area (Å²) in [4.78, 5) is 4.66. The van der Waals surface area contributed by atoms with Gasteiger partial charge >= 0.3 is 0 Å². The van der Waals surface area contributed by atoms with Crippen molar-refractivity contribution < 1.29 is 0 Å². The summed E-state index contributed by atoms with van der Waals surface area (Å²) in [6.07, 6.45) is 4.65. The van der Waals surface area contributed by atoms with Crippen LogP contribution in [0.2, 0.25) is 0 Å². The molecule has 2 rings (SSSR count). The van der Waals surface area contributed by atoms with E-state index >= 15 is 0 Å². The third kappa shape index (κ3) is 3.54. The maximum atomic E-state index is 5.77. The molecule has 1 aliphatic heterocycles. The first-order valence-corrected chi connectivity index (χ1v) is 7.01. The summed E-state index contributed by atoms with van der Waals surface area (Å²) in [6, 6.07) is 0.217. The van der Waals surface area contributed by atoms with Crippen molar-refractivity contribution in [2.24, 2.45) is 11.7 Å². The van der Waals surface area contributed by atoms with E-state index in [9.17, 15) is 0 Å². The molecule has 1 saturated heterocycles. The molecule has 90 valence electrons. The Morgan fingerprint density at radius 3 is 3.00 bits per heavy atom. The number of hydrogen-bond donors (Lipinski definition) is 2. The Balaban J connectivity index is 1.86. The van der Waals surface area contributed by atoms with Crippen LogP contribution in [0, 0.1) is 5.92 Å². The van der Waals surface area contributed by atoms with Gasteiger partial charge in [-0.1, -0.05) is 0 Å². The van der Waals surface area contributed by atoms with Crippen LogP contribution >= 0.6 is 11.3 Å². The zero-order valence-electron chi connectivity index (χ0n) is 9.91. The summed E-state index contributed by atoms with van der Waals surface area (Å²) in [5.74, 6) is 0.829. The third-order valence-corrected chi connectivity index (χ3v) is 3.97. The average molecular weight is 239 g/mol. The van der Waals surface area contributed by atoms with Gasteiger partial charge in [0.2, 0.25) is 0 Å². The van der Waals surface area contributed by atoms with Crippen LogP contribution < -0.4 is 11.1 Å². The van der Waals surface area contributed by atoms with E-state index in [1.54, 1.807) is 11.3 Å². The predicted molar refractivity (Wildman–Crippen MR) is 68.8 cm³/mol. The van der Waals surface area contributed by atoms with E-state index in [0.717, 1.165) is 18.8 Å². The van der Waals surface area contributed by atoms with Gasteiger partial charge in [0.25, 0.3) is 0 Å². The van der Waals surface area contributed by atoms with Gasteiger partial charge in [-0.25, -0.2) is 4.98 Å². The van der Waals surface area contributed by atoms with Gasteiger partial charge in [0.1, 0.15) is 0 Å². The fraction of sp³-hybridized carbons (Fsp3) is 0.750. The molecule has 1 aliphatic rings. The Morgan fingerprint density at radius 1 is 1.56 bits per heavy atom. The maximum Gasteiger partial charge on any atom is 0.0931 e. The molecule has 2 heterocycles. The zero-order chi connectivity index (χ0) is 11.4. The molecular formula is C12H21N3S. The largest absolute Gasteiger partial charge is 0.328 e. The smallest absolute Gasteiger partial charge is 0.0931 e. The maximum absolute atomic E-state index is 5.77. The van der Waals surface area contributed by atoms with Gasteiger partial charge in [0.05, 0.1) is 10.7 Å². The molecule has 4 heteroatoms. The van der Waals surface area contributed by atoms with Crippen molar-refractivity contribution in [3.63, 3.8) is 0 Å². The number of nitrogens with two attached hydrogens (primary N) is 1. The lowest BCUT2D eigenvalue weighted by Gasteiger charge is -2.21. The van der Waals surface area contributed by atoms with Crippen molar-refractivity contribution in [3.8, 4) is 0 Å². The zero-order valence-corrected chi connectivity index (χ0v) is 10.7. The minimum Gasteiger partial charge on any atom is -0.328 e. The van der Waals surface area contributed by atoms with E-state index in [4.69, 9.17) is 5.73 Å². The number of nitrogens with one attached hydrogen (secondary N) is 1. The highest BCUT2D eigenvalue weighted by Gasteiger charge is 2.15. The summed E-state index contributed by atoms with van der Waals surface area (Å²) >= 11 is 1.80. The molecule has 3 N–H and O–H groups in total. The Bertz CT molecular complexity index is 316. The van der Waals surface area contributed by atoms with Crippen LogP contribution in [0.5, 0.6) is 0 Å². The van der Waals surface area contributed by atoms with Gasteiger partial charge < -0.3 is 11.1 Å². The molecule has 1 aromatic heterocycles. The molecule has 0 aliphatic carbocycles. The van der Waals surface area contributed by atoms with Gasteiger partial charge in [-0.05, 0) is 38.8 Å². The molecule has 0 bridgehead atoms. The fourth-order valence-corrected chi connectivity index (χ4v) is 3.12. The molecule has 0 radical (unpaired) electrons. The number of nitrogens with zero attached hydrogens (tertiary/aromatic N) is 1. The summed E-state index contributed by atoms with van der Waals surface area (Å²) in [7, 11) is 0. The quantitative estimate of drug-likeness (QED) is 0.838. The molecule has 3 nitrogen and oxygen atoms in total. The van der Waals surface area contributed by atoms with Crippen LogP contribution in [0.4, 0.5) is 0 Å². The Morgan fingerprint density at radius 2 is 2.31 bits per heavy atom. The Labute approximate surface area is 101 Å². The van der Waals surface area contributed by atoms with Gasteiger partial charge in [0.15, 0.2) is 0 Å². The molecule has 0 amide bonds. The van der Waals surface area contributed by atoms with Crippen molar-refractivity contribution in [3.05, 3.63) is 16.1 Å². The standard InChI is InChI=1S/C12H21N3S/c1-9(13)6-11-8-16-12(15-11)7-10-2-4-14-5-3-10/h8-10,14H,2-7,13H2,1H3. The molecule has 1 fully saturated rings. The number of hydrogen-bond acceptors (Lipinski definition) is 4. The minimum absolute atomic E-state index is 0.217. The fourth-order valence-electron chi connectivity index (χ4n) is 2.20. The normalized spacial score (nSPS) is 19.9. The van der Waals surface area contributed by atoms with Gasteiger partial charge in [-0.2, -0.15) is 0 Å². The molecular weight excluding hydrogens is 218 g/mol. The lowest BCUT2D eigenvalue weighted by Crippen LogP contribution is -2.28. The van der Waals surface area contributed by atoms with Crippen molar-refractivity contribution in [1.82, 2.24) is 10.3 Å². The summed E-state index contributed by atoms with van der Waals surface area (Å²) in [5.41, 5.74) is 6.94. The lowest BCUT2D eigenvalue weighted by molar-refractivity contribution is 0.372. The van der Waals surface area contributed by atoms with Crippen LogP contribution in [0.25, 0.3) is 0 Å². The minimum atomic E-state index is 0.217. The highest BCUT2D eigenvalue weighted by atomic mass is 32.1. The van der Waals surface area contributed by atoms with E-state index < -0.39 is 0 Å². The average Bonchev–Trinajstić information content (AvgIpc) is 2.66. The highest BCUT2D eigenvalue weighted by Crippen LogP contribution is 2.20. The van der Waals surface area contributed by atoms with Crippen LogP contribution in [-0.2, 0) is 12.8 Å². The molecule has 0 spiro atoms. The molecule has 1 atom stereocenters. The summed E-state index contributed by atoms with van der Waals surface area (Å²) in [6.45, 7) is 4.37. The van der Waals surface area contributed by atoms with Gasteiger partial charge in [-0.3, -0.25) is 0 Å². The Kier molecular flexibility index (Phi) is 4.32. The van der Waals surface area contributed by atoms with E-state index in [1.807, 2.05) is 6.92 Å². The first-order valence-electron chi connectivity index (χ1n) is 6.13. The molecule has 1 aromatic rings. The first-order chi connectivity index (χ1) is 7.74. The predicted octanol–water partition coefficient (Wildman–Crippen LogP) is 1.57. The van der Waals surface area contributed by atoms with Crippen LogP contribution in [0.3, 0.4) is 0 Å². The second-order valence-electron chi connectivity index (χ2n) is 4.81. The number of rotatable bonds is 4. The summed E-state index contributed by atoms with van der Waals surface area (Å²) < 4.78 is 0. The monoisotopic (exact) mass is 239 g/mol. The molecule has 16 heavy (non-hydrogen) atoms. The molecule has 0 aromatic carbocycles. The lowest BCUT2D eigenvalue weighted by atomic mass is 9.95. The van der Waals surface area contributed by atoms with Crippen molar-refractivity contribution >= 4 is 11.3 Å². The van der Waals surface area contributed by atoms with E-state index in [1.165, 1.54) is 36.6 Å². The van der Waals surface area contributed by atoms with Gasteiger partial charge in [0, 0.05) is 24.3 Å². The van der Waals surface area contributed by atoms with Crippen molar-refractivity contribution in [2.75, 3.05) is 13.1 Å². The van der Waals surface area contributed by atoms with E-state index in [2.05, 4.69) is 15.7 Å². The van der Waals surface area contributed by atoms with Crippen LogP contribution in [0.15, 0.2) is 5.38 Å². The van der Waals surface area contributed by atoms with Crippen molar-refractivity contribution in [1.29, 1.82) is 0 Å². The molecule has 0 saturated carbocycles. The second kappa shape index (κ2) is 5.75. The number of piperidine rings is 1. The number of thiazole rings is 1. The Hall–Kier alpha value is -0.450. The van der Waals surface area contributed by atoms with Gasteiger partial charge in [-0.15, -0.1) is 11.3 Å².